The molecule has 1 spiro atoms. The predicted molar refractivity (Wildman–Crippen MR) is 145 cm³/mol. The fraction of sp³-hybridized carbons (Fsp3) is 0.286. The number of thiophene rings is 1. The van der Waals surface area contributed by atoms with Crippen LogP contribution < -0.4 is 10.9 Å². The Labute approximate surface area is 217 Å². The van der Waals surface area contributed by atoms with Crippen molar-refractivity contribution < 1.29 is 9.59 Å². The van der Waals surface area contributed by atoms with Gasteiger partial charge in [-0.1, -0.05) is 18.7 Å². The maximum absolute atomic E-state index is 13.3. The zero-order valence-corrected chi connectivity index (χ0v) is 21.3. The van der Waals surface area contributed by atoms with E-state index in [1.165, 1.54) is 28.0 Å². The highest BCUT2D eigenvalue weighted by Gasteiger charge is 2.50. The van der Waals surface area contributed by atoms with Gasteiger partial charge in [0.2, 0.25) is 17.4 Å². The summed E-state index contributed by atoms with van der Waals surface area (Å²) in [4.78, 5) is 45.2. The highest BCUT2D eigenvalue weighted by molar-refractivity contribution is 7.17. The number of imidazole rings is 1. The smallest absolute Gasteiger partial charge is 0.268 e. The van der Waals surface area contributed by atoms with Crippen molar-refractivity contribution >= 4 is 40.1 Å². The number of likely N-dealkylation sites (tertiary alicyclic amines) is 1. The van der Waals surface area contributed by atoms with Crippen LogP contribution in [-0.4, -0.2) is 43.9 Å². The Morgan fingerprint density at radius 2 is 1.97 bits per heavy atom. The number of aromatic nitrogens is 3. The number of rotatable bonds is 5. The van der Waals surface area contributed by atoms with E-state index < -0.39 is 0 Å². The molecule has 1 aliphatic heterocycles. The molecule has 3 aromatic heterocycles. The lowest BCUT2D eigenvalue weighted by molar-refractivity contribution is -0.125. The third-order valence-electron chi connectivity index (χ3n) is 7.65. The summed E-state index contributed by atoms with van der Waals surface area (Å²) in [6, 6.07) is 15.1. The molecule has 0 radical (unpaired) electrons. The Hall–Kier alpha value is -3.98. The van der Waals surface area contributed by atoms with Crippen molar-refractivity contribution in [2.45, 2.75) is 25.3 Å². The Morgan fingerprint density at radius 1 is 1.16 bits per heavy atom. The first-order valence-electron chi connectivity index (χ1n) is 12.3. The van der Waals surface area contributed by atoms with Crippen LogP contribution in [0.5, 0.6) is 0 Å². The van der Waals surface area contributed by atoms with E-state index in [1.54, 1.807) is 25.4 Å². The summed E-state index contributed by atoms with van der Waals surface area (Å²) < 4.78 is 3.68. The number of carbonyl (C=O) groups is 2. The molecule has 2 aliphatic rings. The number of hydrogen-bond acceptors (Lipinski definition) is 5. The SMILES string of the molecule is C=CC(=O)N1CC[C@]2(C1)C[C@H](n1c(NC(=O)c3ccc(-c4ccc(=O)n(C)c4)s3)nc3ccccc31)C2. The molecule has 0 bridgehead atoms. The predicted octanol–water partition coefficient (Wildman–Crippen LogP) is 4.46. The molecule has 1 saturated heterocycles. The van der Waals surface area contributed by atoms with Gasteiger partial charge < -0.3 is 14.0 Å². The van der Waals surface area contributed by atoms with E-state index in [9.17, 15) is 14.4 Å². The number of aryl methyl sites for hydroxylation is 1. The number of nitrogens with zero attached hydrogens (tertiary/aromatic N) is 4. The van der Waals surface area contributed by atoms with E-state index in [0.717, 1.165) is 53.8 Å². The zero-order chi connectivity index (χ0) is 25.7. The molecule has 4 heterocycles. The molecular weight excluding hydrogens is 486 g/mol. The quantitative estimate of drug-likeness (QED) is 0.399. The van der Waals surface area contributed by atoms with Gasteiger partial charge >= 0.3 is 0 Å². The molecule has 2 fully saturated rings. The zero-order valence-electron chi connectivity index (χ0n) is 20.5. The molecule has 8 nitrogen and oxygen atoms in total. The Morgan fingerprint density at radius 3 is 2.76 bits per heavy atom. The van der Waals surface area contributed by atoms with Crippen molar-refractivity contribution in [3.8, 4) is 10.4 Å². The van der Waals surface area contributed by atoms with Crippen molar-refractivity contribution in [3.63, 3.8) is 0 Å². The first-order valence-corrected chi connectivity index (χ1v) is 13.1. The average Bonchev–Trinajstić information content (AvgIpc) is 3.61. The lowest BCUT2D eigenvalue weighted by Crippen LogP contribution is -2.42. The van der Waals surface area contributed by atoms with Crippen LogP contribution in [0.15, 0.2) is 72.2 Å². The first-order chi connectivity index (χ1) is 17.9. The second kappa shape index (κ2) is 8.85. The van der Waals surface area contributed by atoms with Gasteiger partial charge in [0, 0.05) is 48.9 Å². The second-order valence-electron chi connectivity index (χ2n) is 10.1. The lowest BCUT2D eigenvalue weighted by Gasteiger charge is -2.46. The summed E-state index contributed by atoms with van der Waals surface area (Å²) in [7, 11) is 1.71. The molecular formula is C28H27N5O3S. The number of carbonyl (C=O) groups excluding carboxylic acids is 2. The number of anilines is 1. The maximum Gasteiger partial charge on any atom is 0.268 e. The number of fused-ring (bicyclic) bond motifs is 1. The molecule has 6 rings (SSSR count). The minimum Gasteiger partial charge on any atom is -0.339 e. The fourth-order valence-electron chi connectivity index (χ4n) is 5.73. The topological polar surface area (TPSA) is 89.2 Å². The van der Waals surface area contributed by atoms with Gasteiger partial charge in [-0.15, -0.1) is 11.3 Å². The molecule has 9 heteroatoms. The molecule has 1 saturated carbocycles. The number of hydrogen-bond donors (Lipinski definition) is 1. The van der Waals surface area contributed by atoms with Gasteiger partial charge in [0.15, 0.2) is 0 Å². The van der Waals surface area contributed by atoms with Crippen LogP contribution in [0.1, 0.15) is 35.0 Å². The Bertz CT molecular complexity index is 1610. The normalized spacial score (nSPS) is 20.8. The standard InChI is InChI=1S/C28H27N5O3S/c1-3-24(34)32-13-12-28(17-32)14-19(15-28)33-21-7-5-4-6-20(21)29-27(33)30-26(36)23-10-9-22(37-23)18-8-11-25(35)31(2)16-18/h3-11,16,19H,1,12-15,17H2,2H3,(H,29,30,36)/t19-,28-. The monoisotopic (exact) mass is 513 g/mol. The molecule has 188 valence electrons. The van der Waals surface area contributed by atoms with E-state index in [1.807, 2.05) is 35.2 Å². The largest absolute Gasteiger partial charge is 0.339 e. The van der Waals surface area contributed by atoms with Crippen molar-refractivity contribution in [2.24, 2.45) is 12.5 Å². The van der Waals surface area contributed by atoms with Crippen LogP contribution in [0, 0.1) is 5.41 Å². The van der Waals surface area contributed by atoms with Crippen LogP contribution in [-0.2, 0) is 11.8 Å². The summed E-state index contributed by atoms with van der Waals surface area (Å²) >= 11 is 1.38. The number of para-hydroxylation sites is 2. The third-order valence-corrected chi connectivity index (χ3v) is 8.78. The molecule has 0 atom stereocenters. The van der Waals surface area contributed by atoms with Gasteiger partial charge in [0.1, 0.15) is 0 Å². The molecule has 37 heavy (non-hydrogen) atoms. The van der Waals surface area contributed by atoms with Crippen molar-refractivity contribution in [3.05, 3.63) is 82.6 Å². The van der Waals surface area contributed by atoms with E-state index in [0.29, 0.717) is 10.8 Å². The molecule has 1 aliphatic carbocycles. The van der Waals surface area contributed by atoms with Crippen molar-refractivity contribution in [1.29, 1.82) is 0 Å². The van der Waals surface area contributed by atoms with Crippen LogP contribution in [0.4, 0.5) is 5.95 Å². The molecule has 2 amide bonds. The lowest BCUT2D eigenvalue weighted by atomic mass is 9.65. The Balaban J connectivity index is 1.24. The van der Waals surface area contributed by atoms with E-state index >= 15 is 0 Å². The second-order valence-corrected chi connectivity index (χ2v) is 11.1. The molecule has 0 unspecified atom stereocenters. The fourth-order valence-corrected chi connectivity index (χ4v) is 6.62. The van der Waals surface area contributed by atoms with Crippen molar-refractivity contribution in [2.75, 3.05) is 18.4 Å². The summed E-state index contributed by atoms with van der Waals surface area (Å²) in [5.41, 5.74) is 2.76. The summed E-state index contributed by atoms with van der Waals surface area (Å²) in [5.74, 6) is 0.324. The van der Waals surface area contributed by atoms with E-state index in [4.69, 9.17) is 4.98 Å². The van der Waals surface area contributed by atoms with Crippen LogP contribution in [0.25, 0.3) is 21.5 Å². The summed E-state index contributed by atoms with van der Waals surface area (Å²) in [6.07, 6.45) is 6.02. The molecule has 1 N–H and O–H groups in total. The van der Waals surface area contributed by atoms with Crippen LogP contribution >= 0.6 is 11.3 Å². The third kappa shape index (κ3) is 4.09. The van der Waals surface area contributed by atoms with Gasteiger partial charge in [0.25, 0.3) is 5.91 Å². The van der Waals surface area contributed by atoms with Crippen LogP contribution in [0.3, 0.4) is 0 Å². The van der Waals surface area contributed by atoms with Crippen LogP contribution in [0.2, 0.25) is 0 Å². The summed E-state index contributed by atoms with van der Waals surface area (Å²) in [5, 5.41) is 3.06. The van der Waals surface area contributed by atoms with E-state index in [2.05, 4.69) is 16.5 Å². The minimum absolute atomic E-state index is 0.00519. The van der Waals surface area contributed by atoms with Gasteiger partial charge in [0.05, 0.1) is 15.9 Å². The molecule has 4 aromatic rings. The first kappa shape index (κ1) is 23.4. The van der Waals surface area contributed by atoms with E-state index in [-0.39, 0.29) is 28.8 Å². The number of benzene rings is 1. The maximum atomic E-state index is 13.3. The number of nitrogens with one attached hydrogen (secondary N) is 1. The molecule has 1 aromatic carbocycles. The van der Waals surface area contributed by atoms with Gasteiger partial charge in [-0.05, 0) is 61.1 Å². The summed E-state index contributed by atoms with van der Waals surface area (Å²) in [6.45, 7) is 5.14. The number of pyridine rings is 1. The van der Waals surface area contributed by atoms with Gasteiger partial charge in [-0.2, -0.15) is 0 Å². The highest BCUT2D eigenvalue weighted by atomic mass is 32.1. The highest BCUT2D eigenvalue weighted by Crippen LogP contribution is 2.55. The van der Waals surface area contributed by atoms with Crippen molar-refractivity contribution in [1.82, 2.24) is 19.0 Å². The minimum atomic E-state index is -0.213. The number of amides is 2. The van der Waals surface area contributed by atoms with Gasteiger partial charge in [-0.3, -0.25) is 19.7 Å². The Kier molecular flexibility index (Phi) is 5.60. The van der Waals surface area contributed by atoms with Gasteiger partial charge in [-0.25, -0.2) is 4.98 Å². The average molecular weight is 514 g/mol.